The highest BCUT2D eigenvalue weighted by molar-refractivity contribution is 9.10. The molecule has 1 heterocycles. The van der Waals surface area contributed by atoms with E-state index in [1.54, 1.807) is 42.5 Å². The van der Waals surface area contributed by atoms with Crippen LogP contribution >= 0.6 is 15.9 Å². The zero-order valence-corrected chi connectivity index (χ0v) is 23.8. The molecule has 1 aliphatic heterocycles. The van der Waals surface area contributed by atoms with Crippen molar-refractivity contribution in [3.63, 3.8) is 0 Å². The van der Waals surface area contributed by atoms with E-state index in [1.807, 2.05) is 6.07 Å². The molecule has 0 saturated carbocycles. The molecular weight excluding hydrogens is 622 g/mol. The number of carbonyl (C=O) groups excluding carboxylic acids is 1. The van der Waals surface area contributed by atoms with Crippen molar-refractivity contribution < 1.29 is 36.9 Å². The smallest absolute Gasteiger partial charge is 0.416 e. The molecule has 7 nitrogen and oxygen atoms in total. The molecule has 3 N–H and O–H groups in total. The number of halogens is 5. The molecule has 0 aliphatic carbocycles. The maximum absolute atomic E-state index is 13.9. The number of hydrogen-bond acceptors (Lipinski definition) is 6. The molecule has 0 fully saturated rings. The minimum Gasteiger partial charge on any atom is -0.494 e. The van der Waals surface area contributed by atoms with Crippen molar-refractivity contribution in [2.75, 3.05) is 13.2 Å². The quantitative estimate of drug-likeness (QED) is 0.0966. The Kier molecular flexibility index (Phi) is 10.0. The lowest BCUT2D eigenvalue weighted by Crippen LogP contribution is -2.52. The Hall–Kier alpha value is -3.74. The van der Waals surface area contributed by atoms with E-state index in [0.717, 1.165) is 12.1 Å². The van der Waals surface area contributed by atoms with Gasteiger partial charge in [-0.3, -0.25) is 10.2 Å². The topological polar surface area (TPSA) is 92.2 Å². The minimum atomic E-state index is -4.72. The van der Waals surface area contributed by atoms with Crippen LogP contribution < -0.4 is 15.6 Å². The summed E-state index contributed by atoms with van der Waals surface area (Å²) in [6, 6.07) is 16.2. The lowest BCUT2D eigenvalue weighted by Gasteiger charge is -2.30. The Morgan fingerprint density at radius 1 is 1.17 bits per heavy atom. The van der Waals surface area contributed by atoms with Crippen molar-refractivity contribution in [1.82, 2.24) is 10.9 Å². The van der Waals surface area contributed by atoms with Crippen LogP contribution in [0, 0.1) is 5.82 Å². The third-order valence-corrected chi connectivity index (χ3v) is 7.17. The SMILES string of the molecule is C=CC[C@]1(C(=O)NNCc2cc(F)cc(C(F)(F)F)c2)N=C(c2ccc(OCCCO)cc2)O[C@H]1c1ccccc1Br. The van der Waals surface area contributed by atoms with E-state index in [0.29, 0.717) is 40.4 Å². The first-order valence-corrected chi connectivity index (χ1v) is 13.7. The average Bonchev–Trinajstić information content (AvgIpc) is 3.33. The van der Waals surface area contributed by atoms with Crippen LogP contribution in [-0.2, 0) is 22.3 Å². The highest BCUT2D eigenvalue weighted by atomic mass is 79.9. The Morgan fingerprint density at radius 2 is 1.90 bits per heavy atom. The van der Waals surface area contributed by atoms with Gasteiger partial charge < -0.3 is 14.6 Å². The number of hydrogen-bond donors (Lipinski definition) is 3. The first-order chi connectivity index (χ1) is 20.1. The van der Waals surface area contributed by atoms with Gasteiger partial charge in [0.15, 0.2) is 11.6 Å². The fraction of sp³-hybridized carbons (Fsp3) is 0.267. The minimum absolute atomic E-state index is 0.0122. The Bertz CT molecular complexity index is 1450. The number of nitrogens with one attached hydrogen (secondary N) is 2. The second-order valence-electron chi connectivity index (χ2n) is 9.46. The summed E-state index contributed by atoms with van der Waals surface area (Å²) >= 11 is 3.52. The van der Waals surface area contributed by atoms with Crippen molar-refractivity contribution in [3.05, 3.63) is 112 Å². The van der Waals surface area contributed by atoms with Crippen LogP contribution in [0.15, 0.2) is 88.9 Å². The van der Waals surface area contributed by atoms with Crippen LogP contribution in [-0.4, -0.2) is 35.7 Å². The molecule has 0 aromatic heterocycles. The molecule has 2 atom stereocenters. The lowest BCUT2D eigenvalue weighted by molar-refractivity contribution is -0.138. The molecule has 0 unspecified atom stereocenters. The van der Waals surface area contributed by atoms with Crippen LogP contribution in [0.3, 0.4) is 0 Å². The fourth-order valence-electron chi connectivity index (χ4n) is 4.45. The fourth-order valence-corrected chi connectivity index (χ4v) is 4.94. The standard InChI is InChI=1S/C30H28BrF4N3O4/c1-2-12-29(28(40)38-36-18-19-15-21(30(33,34)35)17-22(32)16-19)26(24-6-3-4-7-25(24)31)42-27(37-29)20-8-10-23(11-9-20)41-14-5-13-39/h2-4,6-11,15-17,26,36,39H,1,5,12-14,18H2,(H,38,40)/t26-,29-/m0/s1. The van der Waals surface area contributed by atoms with Crippen molar-refractivity contribution in [3.8, 4) is 5.75 Å². The summed E-state index contributed by atoms with van der Waals surface area (Å²) in [5, 5.41) is 8.96. The summed E-state index contributed by atoms with van der Waals surface area (Å²) in [5.41, 5.74) is 3.63. The van der Waals surface area contributed by atoms with Crippen LogP contribution in [0.2, 0.25) is 0 Å². The Morgan fingerprint density at radius 3 is 2.57 bits per heavy atom. The van der Waals surface area contributed by atoms with Gasteiger partial charge in [0.05, 0.1) is 12.2 Å². The normalized spacial score (nSPS) is 18.2. The van der Waals surface area contributed by atoms with Gasteiger partial charge in [0.25, 0.3) is 5.91 Å². The molecule has 0 spiro atoms. The summed E-state index contributed by atoms with van der Waals surface area (Å²) in [6.07, 6.45) is -3.56. The number of aliphatic hydroxyl groups excluding tert-OH is 1. The zero-order valence-electron chi connectivity index (χ0n) is 22.3. The van der Waals surface area contributed by atoms with E-state index in [-0.39, 0.29) is 31.0 Å². The number of amides is 1. The van der Waals surface area contributed by atoms with E-state index in [2.05, 4.69) is 33.4 Å². The third-order valence-electron chi connectivity index (χ3n) is 6.45. The lowest BCUT2D eigenvalue weighted by atomic mass is 9.84. The molecule has 4 rings (SSSR count). The first kappa shape index (κ1) is 31.2. The highest BCUT2D eigenvalue weighted by Crippen LogP contribution is 2.44. The number of benzene rings is 3. The van der Waals surface area contributed by atoms with Gasteiger partial charge >= 0.3 is 6.18 Å². The number of rotatable bonds is 12. The molecule has 0 saturated heterocycles. The van der Waals surface area contributed by atoms with Crippen molar-refractivity contribution in [2.45, 2.75) is 37.2 Å². The zero-order chi connectivity index (χ0) is 30.3. The molecule has 12 heteroatoms. The molecular formula is C30H28BrF4N3O4. The van der Waals surface area contributed by atoms with Crippen molar-refractivity contribution in [1.29, 1.82) is 0 Å². The van der Waals surface area contributed by atoms with E-state index in [1.165, 1.54) is 6.08 Å². The van der Waals surface area contributed by atoms with Gasteiger partial charge in [-0.2, -0.15) is 13.2 Å². The molecule has 42 heavy (non-hydrogen) atoms. The molecule has 3 aromatic carbocycles. The van der Waals surface area contributed by atoms with Gasteiger partial charge in [0, 0.05) is 41.6 Å². The summed E-state index contributed by atoms with van der Waals surface area (Å²) in [5.74, 6) is -0.907. The van der Waals surface area contributed by atoms with Crippen molar-refractivity contribution >= 4 is 27.7 Å². The van der Waals surface area contributed by atoms with Crippen LogP contribution in [0.25, 0.3) is 0 Å². The summed E-state index contributed by atoms with van der Waals surface area (Å²) in [6.45, 7) is 3.87. The van der Waals surface area contributed by atoms with Crippen molar-refractivity contribution in [2.24, 2.45) is 4.99 Å². The van der Waals surface area contributed by atoms with Gasteiger partial charge in [-0.25, -0.2) is 14.8 Å². The molecule has 3 aromatic rings. The number of ether oxygens (including phenoxy) is 2. The number of nitrogens with zero attached hydrogens (tertiary/aromatic N) is 1. The molecule has 1 aliphatic rings. The predicted molar refractivity (Wildman–Crippen MR) is 152 cm³/mol. The molecule has 0 radical (unpaired) electrons. The second-order valence-corrected chi connectivity index (χ2v) is 10.3. The van der Waals surface area contributed by atoms with E-state index < -0.39 is 35.1 Å². The van der Waals surface area contributed by atoms with Crippen LogP contribution in [0.5, 0.6) is 5.75 Å². The molecule has 0 bridgehead atoms. The number of aliphatic hydroxyl groups is 1. The highest BCUT2D eigenvalue weighted by Gasteiger charge is 2.53. The van der Waals surface area contributed by atoms with Gasteiger partial charge in [0.2, 0.25) is 5.90 Å². The second kappa shape index (κ2) is 13.5. The third kappa shape index (κ3) is 7.18. The maximum Gasteiger partial charge on any atom is 0.416 e. The van der Waals surface area contributed by atoms with E-state index in [9.17, 15) is 22.4 Å². The summed E-state index contributed by atoms with van der Waals surface area (Å²) in [4.78, 5) is 18.5. The summed E-state index contributed by atoms with van der Waals surface area (Å²) in [7, 11) is 0. The maximum atomic E-state index is 13.9. The Labute approximate surface area is 248 Å². The first-order valence-electron chi connectivity index (χ1n) is 12.9. The van der Waals surface area contributed by atoms with Gasteiger partial charge in [-0.1, -0.05) is 40.2 Å². The number of hydrazine groups is 1. The summed E-state index contributed by atoms with van der Waals surface area (Å²) < 4.78 is 65.8. The monoisotopic (exact) mass is 649 g/mol. The number of carbonyl (C=O) groups is 1. The van der Waals surface area contributed by atoms with E-state index >= 15 is 0 Å². The van der Waals surface area contributed by atoms with Crippen LogP contribution in [0.1, 0.15) is 41.2 Å². The largest absolute Gasteiger partial charge is 0.494 e. The van der Waals surface area contributed by atoms with E-state index in [4.69, 9.17) is 19.6 Å². The van der Waals surface area contributed by atoms with Crippen LogP contribution in [0.4, 0.5) is 17.6 Å². The van der Waals surface area contributed by atoms with Gasteiger partial charge in [-0.15, -0.1) is 6.58 Å². The number of aliphatic imine (C=N–C) groups is 1. The number of alkyl halides is 3. The van der Waals surface area contributed by atoms with Gasteiger partial charge in [0.1, 0.15) is 11.6 Å². The molecule has 222 valence electrons. The van der Waals surface area contributed by atoms with Gasteiger partial charge in [-0.05, 0) is 54.1 Å². The molecule has 1 amide bonds. The predicted octanol–water partition coefficient (Wildman–Crippen LogP) is 6.02. The average molecular weight is 650 g/mol. The Balaban J connectivity index is 1.62.